The van der Waals surface area contributed by atoms with Crippen molar-refractivity contribution in [2.75, 3.05) is 20.2 Å². The summed E-state index contributed by atoms with van der Waals surface area (Å²) in [6, 6.07) is 8.99. The number of carbonyl (C=O) groups is 1. The van der Waals surface area contributed by atoms with E-state index in [1.165, 1.54) is 24.7 Å². The number of aromatic nitrogens is 3. The summed E-state index contributed by atoms with van der Waals surface area (Å²) >= 11 is 0. The van der Waals surface area contributed by atoms with E-state index in [2.05, 4.69) is 4.98 Å². The van der Waals surface area contributed by atoms with Crippen LogP contribution in [0.2, 0.25) is 0 Å². The molecule has 32 heavy (non-hydrogen) atoms. The van der Waals surface area contributed by atoms with E-state index >= 15 is 0 Å². The van der Waals surface area contributed by atoms with Crippen molar-refractivity contribution in [2.24, 2.45) is 14.1 Å². The van der Waals surface area contributed by atoms with Crippen molar-refractivity contribution in [3.63, 3.8) is 0 Å². The monoisotopic (exact) mass is 438 g/mol. The third kappa shape index (κ3) is 4.23. The highest BCUT2D eigenvalue weighted by Gasteiger charge is 2.29. The molecule has 1 amide bonds. The number of amides is 1. The van der Waals surface area contributed by atoms with Gasteiger partial charge in [-0.05, 0) is 30.5 Å². The van der Waals surface area contributed by atoms with Crippen molar-refractivity contribution < 1.29 is 13.9 Å². The molecule has 0 aliphatic carbocycles. The summed E-state index contributed by atoms with van der Waals surface area (Å²) in [5.74, 6) is 1.74. The van der Waals surface area contributed by atoms with Crippen molar-refractivity contribution in [3.8, 4) is 5.75 Å². The van der Waals surface area contributed by atoms with E-state index < -0.39 is 11.2 Å². The van der Waals surface area contributed by atoms with Gasteiger partial charge in [0, 0.05) is 39.7 Å². The molecule has 0 N–H and O–H groups in total. The van der Waals surface area contributed by atoms with Crippen LogP contribution in [0.15, 0.2) is 50.5 Å². The molecule has 4 rings (SSSR count). The highest BCUT2D eigenvalue weighted by atomic mass is 16.5. The summed E-state index contributed by atoms with van der Waals surface area (Å²) in [6.07, 6.45) is 3.94. The number of benzene rings is 1. The Morgan fingerprint density at radius 1 is 1.22 bits per heavy atom. The number of carbonyl (C=O) groups excluding carboxylic acids is 1. The Kier molecular flexibility index (Phi) is 5.98. The van der Waals surface area contributed by atoms with Crippen LogP contribution >= 0.6 is 0 Å². The zero-order valence-electron chi connectivity index (χ0n) is 18.4. The zero-order chi connectivity index (χ0) is 22.8. The van der Waals surface area contributed by atoms with Crippen molar-refractivity contribution in [1.82, 2.24) is 19.0 Å². The minimum absolute atomic E-state index is 0.0460. The number of oxazole rings is 1. The summed E-state index contributed by atoms with van der Waals surface area (Å²) in [7, 11) is 4.52. The molecule has 1 aliphatic heterocycles. The van der Waals surface area contributed by atoms with E-state index in [1.54, 1.807) is 18.2 Å². The van der Waals surface area contributed by atoms with Crippen LogP contribution in [0.5, 0.6) is 5.75 Å². The number of likely N-dealkylation sites (tertiary alicyclic amines) is 1. The van der Waals surface area contributed by atoms with Crippen LogP contribution in [0.3, 0.4) is 0 Å². The summed E-state index contributed by atoms with van der Waals surface area (Å²) < 4.78 is 13.5. The van der Waals surface area contributed by atoms with Crippen molar-refractivity contribution >= 4 is 5.91 Å². The molecular weight excluding hydrogens is 412 g/mol. The van der Waals surface area contributed by atoms with Gasteiger partial charge in [-0.25, -0.2) is 9.78 Å². The second-order valence-electron chi connectivity index (χ2n) is 8.05. The highest BCUT2D eigenvalue weighted by Crippen LogP contribution is 2.28. The average Bonchev–Trinajstić information content (AvgIpc) is 3.28. The first-order chi connectivity index (χ1) is 15.4. The fraction of sp³-hybridized carbons (Fsp3) is 0.391. The number of methoxy groups -OCH3 is 1. The van der Waals surface area contributed by atoms with Crippen LogP contribution in [0.25, 0.3) is 0 Å². The van der Waals surface area contributed by atoms with E-state index in [9.17, 15) is 14.4 Å². The van der Waals surface area contributed by atoms with Crippen molar-refractivity contribution in [3.05, 3.63) is 80.3 Å². The smallest absolute Gasteiger partial charge is 0.331 e. The molecule has 0 spiro atoms. The van der Waals surface area contributed by atoms with E-state index in [1.807, 2.05) is 24.3 Å². The number of hydrogen-bond donors (Lipinski definition) is 0. The van der Waals surface area contributed by atoms with Gasteiger partial charge in [-0.1, -0.05) is 12.1 Å². The molecule has 1 aromatic carbocycles. The molecule has 1 aliphatic rings. The topological polar surface area (TPSA) is 99.6 Å². The Bertz CT molecular complexity index is 1260. The number of nitrogens with zero attached hydrogens (tertiary/aromatic N) is 4. The third-order valence-corrected chi connectivity index (χ3v) is 5.89. The SMILES string of the molecule is COc1cccc(Cc2cnc(C3CCCN(C(=O)c4cc(=O)n(C)c(=O)n4C)C3)o2)c1. The molecule has 1 fully saturated rings. The number of piperidine rings is 1. The molecule has 9 heteroatoms. The Morgan fingerprint density at radius 3 is 2.81 bits per heavy atom. The van der Waals surface area contributed by atoms with Crippen LogP contribution in [0, 0.1) is 0 Å². The van der Waals surface area contributed by atoms with Gasteiger partial charge < -0.3 is 14.1 Å². The Morgan fingerprint density at radius 2 is 2.03 bits per heavy atom. The third-order valence-electron chi connectivity index (χ3n) is 5.89. The van der Waals surface area contributed by atoms with Gasteiger partial charge in [0.1, 0.15) is 17.2 Å². The molecule has 0 bridgehead atoms. The molecule has 168 valence electrons. The lowest BCUT2D eigenvalue weighted by Gasteiger charge is -2.31. The molecule has 0 saturated carbocycles. The predicted molar refractivity (Wildman–Crippen MR) is 117 cm³/mol. The van der Waals surface area contributed by atoms with Gasteiger partial charge in [0.15, 0.2) is 5.89 Å². The maximum absolute atomic E-state index is 13.1. The minimum atomic E-state index is -0.524. The van der Waals surface area contributed by atoms with Gasteiger partial charge in [0.05, 0.1) is 19.2 Å². The maximum Gasteiger partial charge on any atom is 0.331 e. The number of ether oxygens (including phenoxy) is 1. The van der Waals surface area contributed by atoms with Crippen molar-refractivity contribution in [1.29, 1.82) is 0 Å². The first-order valence-corrected chi connectivity index (χ1v) is 10.5. The predicted octanol–water partition coefficient (Wildman–Crippen LogP) is 1.69. The lowest BCUT2D eigenvalue weighted by atomic mass is 9.97. The normalized spacial score (nSPS) is 16.2. The fourth-order valence-corrected chi connectivity index (χ4v) is 4.04. The molecule has 1 unspecified atom stereocenters. The molecule has 0 radical (unpaired) electrons. The van der Waals surface area contributed by atoms with Gasteiger partial charge in [-0.15, -0.1) is 0 Å². The molecule has 9 nitrogen and oxygen atoms in total. The van der Waals surface area contributed by atoms with Gasteiger partial charge >= 0.3 is 5.69 Å². The Hall–Kier alpha value is -3.62. The Labute approximate surface area is 184 Å². The summed E-state index contributed by atoms with van der Waals surface area (Å²) in [4.78, 5) is 43.4. The molecular formula is C23H26N4O5. The molecule has 3 heterocycles. The second-order valence-corrected chi connectivity index (χ2v) is 8.05. The summed E-state index contributed by atoms with van der Waals surface area (Å²) in [5.41, 5.74) is 0.119. The first-order valence-electron chi connectivity index (χ1n) is 10.5. The largest absolute Gasteiger partial charge is 0.497 e. The fourth-order valence-electron chi connectivity index (χ4n) is 4.04. The van der Waals surface area contributed by atoms with Gasteiger partial charge in [0.25, 0.3) is 11.5 Å². The second kappa shape index (κ2) is 8.86. The summed E-state index contributed by atoms with van der Waals surface area (Å²) in [5, 5.41) is 0. The van der Waals surface area contributed by atoms with Gasteiger partial charge in [-0.2, -0.15) is 0 Å². The lowest BCUT2D eigenvalue weighted by Crippen LogP contribution is -2.44. The van der Waals surface area contributed by atoms with Crippen LogP contribution < -0.4 is 16.0 Å². The van der Waals surface area contributed by atoms with Gasteiger partial charge in [0.2, 0.25) is 0 Å². The van der Waals surface area contributed by atoms with E-state index in [4.69, 9.17) is 9.15 Å². The van der Waals surface area contributed by atoms with Crippen LogP contribution in [0.1, 0.15) is 46.5 Å². The van der Waals surface area contributed by atoms with Gasteiger partial charge in [-0.3, -0.25) is 18.7 Å². The number of hydrogen-bond acceptors (Lipinski definition) is 6. The molecule has 1 atom stereocenters. The minimum Gasteiger partial charge on any atom is -0.497 e. The Balaban J connectivity index is 1.49. The van der Waals surface area contributed by atoms with Crippen molar-refractivity contribution in [2.45, 2.75) is 25.2 Å². The summed E-state index contributed by atoms with van der Waals surface area (Å²) in [6.45, 7) is 0.970. The van der Waals surface area contributed by atoms with E-state index in [-0.39, 0.29) is 17.5 Å². The van der Waals surface area contributed by atoms with Crippen LogP contribution in [-0.4, -0.2) is 45.1 Å². The first kappa shape index (κ1) is 21.6. The molecule has 1 saturated heterocycles. The maximum atomic E-state index is 13.1. The standard InChI is InChI=1S/C23H26N4O5/c1-25-19(12-20(28)26(2)23(25)30)22(29)27-9-5-7-16(14-27)21-24-13-18(32-21)11-15-6-4-8-17(10-15)31-3/h4,6,8,10,12-13,16H,5,7,9,11,14H2,1-3H3. The quantitative estimate of drug-likeness (QED) is 0.601. The van der Waals surface area contributed by atoms with Crippen LogP contribution in [0.4, 0.5) is 0 Å². The lowest BCUT2D eigenvalue weighted by molar-refractivity contribution is 0.0685. The van der Waals surface area contributed by atoms with Crippen LogP contribution in [-0.2, 0) is 20.5 Å². The highest BCUT2D eigenvalue weighted by molar-refractivity contribution is 5.92. The zero-order valence-corrected chi connectivity index (χ0v) is 18.4. The van der Waals surface area contributed by atoms with E-state index in [0.717, 1.165) is 34.5 Å². The molecule has 2 aromatic heterocycles. The average molecular weight is 438 g/mol. The number of rotatable bonds is 5. The van der Waals surface area contributed by atoms with E-state index in [0.29, 0.717) is 25.4 Å². The molecule has 3 aromatic rings.